The lowest BCUT2D eigenvalue weighted by Crippen LogP contribution is -2.37. The minimum absolute atomic E-state index is 0.0672. The number of thiazole rings is 1. The van der Waals surface area contributed by atoms with Crippen LogP contribution in [0.25, 0.3) is 10.2 Å². The number of carbonyl (C=O) groups is 6. The minimum atomic E-state index is -1.33. The van der Waals surface area contributed by atoms with Crippen molar-refractivity contribution < 1.29 is 47.8 Å². The maximum absolute atomic E-state index is 14.7. The lowest BCUT2D eigenvalue weighted by molar-refractivity contribution is -0.168. The molecule has 3 aliphatic rings. The van der Waals surface area contributed by atoms with Crippen LogP contribution in [0.1, 0.15) is 124 Å². The summed E-state index contributed by atoms with van der Waals surface area (Å²) in [6.07, 6.45) is 4.13. The second-order valence-corrected chi connectivity index (χ2v) is 15.9. The molecule has 2 aromatic carbocycles. The first kappa shape index (κ1) is 39.0. The van der Waals surface area contributed by atoms with E-state index in [1.165, 1.54) is 18.4 Å². The molecule has 2 amide bonds. The number of anilines is 1. The molecule has 288 valence electrons. The lowest BCUT2D eigenvalue weighted by atomic mass is 9.79. The molecular formula is C40H47N3O10S. The number of ether oxygens (including phenoxy) is 3. The fraction of sp³-hybridized carbons (Fsp3) is 0.525. The maximum atomic E-state index is 14.7. The summed E-state index contributed by atoms with van der Waals surface area (Å²) in [6, 6.07) is 10.7. The zero-order valence-electron chi connectivity index (χ0n) is 31.3. The Morgan fingerprint density at radius 1 is 0.722 bits per heavy atom. The molecule has 2 N–H and O–H groups in total. The fourth-order valence-electron chi connectivity index (χ4n) is 8.01. The molecule has 2 aliphatic carbocycles. The van der Waals surface area contributed by atoms with E-state index in [2.05, 4.69) is 9.82 Å². The molecular weight excluding hydrogens is 715 g/mol. The molecule has 0 saturated heterocycles. The topological polar surface area (TPSA) is 181 Å². The standard InChI is InChI=1S/C40H47N3O10S/c1-6-39(3,51-35(47)23-14-12-22(13-15-23)34(46)50-5)26-20-21-27(40(4,7-2)52-36(48)24-16-18-25(19-17-24)37(49)53-41)31-30(26)32(44)43(33(31)45)38-42-28-10-8-9-11-29(28)54-38/h8-11,20-25H,6-7,12-19,41H2,1-5H3. The molecule has 2 unspecified atom stereocenters. The number of hydrogen-bond acceptors (Lipinski definition) is 13. The van der Waals surface area contributed by atoms with Gasteiger partial charge in [0.25, 0.3) is 11.8 Å². The first-order chi connectivity index (χ1) is 25.8. The highest BCUT2D eigenvalue weighted by atomic mass is 32.1. The first-order valence-electron chi connectivity index (χ1n) is 18.6. The van der Waals surface area contributed by atoms with E-state index < -0.39 is 52.8 Å². The Balaban J connectivity index is 1.37. The van der Waals surface area contributed by atoms with Gasteiger partial charge in [0.05, 0.1) is 52.1 Å². The Bertz CT molecular complexity index is 1840. The predicted octanol–water partition coefficient (Wildman–Crippen LogP) is 6.64. The lowest BCUT2D eigenvalue weighted by Gasteiger charge is -2.36. The van der Waals surface area contributed by atoms with Crippen molar-refractivity contribution in [3.8, 4) is 0 Å². The van der Waals surface area contributed by atoms with Gasteiger partial charge in [0.2, 0.25) is 5.13 Å². The number of benzene rings is 2. The highest BCUT2D eigenvalue weighted by Crippen LogP contribution is 2.46. The first-order valence-corrected chi connectivity index (χ1v) is 19.5. The monoisotopic (exact) mass is 761 g/mol. The van der Waals surface area contributed by atoms with Gasteiger partial charge in [-0.25, -0.2) is 9.88 Å². The molecule has 13 nitrogen and oxygen atoms in total. The molecule has 2 saturated carbocycles. The minimum Gasteiger partial charge on any atom is -0.469 e. The van der Waals surface area contributed by atoms with Crippen molar-refractivity contribution >= 4 is 62.4 Å². The molecule has 0 bridgehead atoms. The van der Waals surface area contributed by atoms with Crippen LogP contribution in [0.2, 0.25) is 0 Å². The van der Waals surface area contributed by atoms with Gasteiger partial charge < -0.3 is 19.0 Å². The third kappa shape index (κ3) is 7.13. The average Bonchev–Trinajstić information content (AvgIpc) is 3.74. The molecule has 0 radical (unpaired) electrons. The summed E-state index contributed by atoms with van der Waals surface area (Å²) in [7, 11) is 1.35. The Kier molecular flexibility index (Phi) is 11.3. The molecule has 3 aromatic rings. The second-order valence-electron chi connectivity index (χ2n) is 14.9. The van der Waals surface area contributed by atoms with Crippen molar-refractivity contribution in [1.29, 1.82) is 0 Å². The summed E-state index contributed by atoms with van der Waals surface area (Å²) >= 11 is 1.21. The van der Waals surface area contributed by atoms with Gasteiger partial charge in [0.1, 0.15) is 11.2 Å². The third-order valence-corrected chi connectivity index (χ3v) is 12.8. The van der Waals surface area contributed by atoms with Crippen molar-refractivity contribution in [3.05, 3.63) is 58.7 Å². The van der Waals surface area contributed by atoms with Crippen LogP contribution in [0.4, 0.5) is 5.13 Å². The highest BCUT2D eigenvalue weighted by molar-refractivity contribution is 7.22. The Hall–Kier alpha value is -4.69. The van der Waals surface area contributed by atoms with Crippen LogP contribution in [0.3, 0.4) is 0 Å². The van der Waals surface area contributed by atoms with Crippen molar-refractivity contribution in [1.82, 2.24) is 4.98 Å². The number of carbonyl (C=O) groups excluding carboxylic acids is 6. The van der Waals surface area contributed by atoms with Crippen LogP contribution in [0.15, 0.2) is 36.4 Å². The number of methoxy groups -OCH3 is 1. The predicted molar refractivity (Wildman–Crippen MR) is 198 cm³/mol. The van der Waals surface area contributed by atoms with Crippen molar-refractivity contribution in [3.63, 3.8) is 0 Å². The summed E-state index contributed by atoms with van der Waals surface area (Å²) in [5.41, 5.74) is -1.17. The maximum Gasteiger partial charge on any atom is 0.327 e. The molecule has 2 heterocycles. The largest absolute Gasteiger partial charge is 0.469 e. The van der Waals surface area contributed by atoms with E-state index in [1.807, 2.05) is 32.0 Å². The zero-order valence-corrected chi connectivity index (χ0v) is 32.1. The van der Waals surface area contributed by atoms with Gasteiger partial charge in [-0.15, -0.1) is 0 Å². The van der Waals surface area contributed by atoms with Gasteiger partial charge in [-0.05, 0) is 90.2 Å². The van der Waals surface area contributed by atoms with E-state index in [0.29, 0.717) is 68.0 Å². The molecule has 2 fully saturated rings. The normalized spacial score (nSPS) is 23.6. The van der Waals surface area contributed by atoms with Crippen LogP contribution in [-0.4, -0.2) is 47.8 Å². The number of imide groups is 1. The summed E-state index contributed by atoms with van der Waals surface area (Å²) < 4.78 is 18.2. The number of fused-ring (bicyclic) bond motifs is 2. The molecule has 14 heteroatoms. The number of nitrogens with zero attached hydrogens (tertiary/aromatic N) is 2. The van der Waals surface area contributed by atoms with Crippen molar-refractivity contribution in [2.75, 3.05) is 12.0 Å². The van der Waals surface area contributed by atoms with Crippen LogP contribution >= 0.6 is 11.3 Å². The summed E-state index contributed by atoms with van der Waals surface area (Å²) in [6.45, 7) is 7.13. The van der Waals surface area contributed by atoms with E-state index in [9.17, 15) is 28.8 Å². The quantitative estimate of drug-likeness (QED) is 0.0954. The fourth-order valence-corrected chi connectivity index (χ4v) is 8.97. The van der Waals surface area contributed by atoms with Crippen LogP contribution < -0.4 is 10.8 Å². The van der Waals surface area contributed by atoms with Gasteiger partial charge >= 0.3 is 23.9 Å². The SMILES string of the molecule is CCC(C)(OC(=O)C1CCC(C(=O)OC)CC1)c1ccc(C(C)(CC)OC(=O)C2CCC(C(=O)ON)CC2)c2c1C(=O)N(c1nc3ccccc3s1)C2=O. The number of aromatic nitrogens is 1. The molecule has 54 heavy (non-hydrogen) atoms. The van der Waals surface area contributed by atoms with Gasteiger partial charge in [-0.2, -0.15) is 5.90 Å². The van der Waals surface area contributed by atoms with Gasteiger partial charge in [-0.1, -0.05) is 49.4 Å². The Morgan fingerprint density at radius 2 is 1.15 bits per heavy atom. The number of amides is 2. The third-order valence-electron chi connectivity index (χ3n) is 11.8. The smallest absolute Gasteiger partial charge is 0.327 e. The van der Waals surface area contributed by atoms with E-state index in [4.69, 9.17) is 20.1 Å². The molecule has 2 atom stereocenters. The summed E-state index contributed by atoms with van der Waals surface area (Å²) in [4.78, 5) is 91.0. The number of hydrogen-bond donors (Lipinski definition) is 1. The van der Waals surface area contributed by atoms with E-state index in [1.54, 1.807) is 32.0 Å². The number of rotatable bonds is 11. The van der Waals surface area contributed by atoms with Gasteiger partial charge in [-0.3, -0.25) is 28.8 Å². The van der Waals surface area contributed by atoms with Crippen molar-refractivity contribution in [2.24, 2.45) is 29.6 Å². The Morgan fingerprint density at radius 3 is 1.56 bits per heavy atom. The summed E-state index contributed by atoms with van der Waals surface area (Å²) in [5.74, 6) is 0.562. The number of nitrogens with two attached hydrogens (primary N) is 1. The van der Waals surface area contributed by atoms with E-state index >= 15 is 0 Å². The van der Waals surface area contributed by atoms with Crippen LogP contribution in [0.5, 0.6) is 0 Å². The average molecular weight is 762 g/mol. The molecule has 1 aliphatic heterocycles. The van der Waals surface area contributed by atoms with Gasteiger partial charge in [0, 0.05) is 11.1 Å². The van der Waals surface area contributed by atoms with Crippen LogP contribution in [-0.2, 0) is 49.4 Å². The highest BCUT2D eigenvalue weighted by Gasteiger charge is 2.49. The van der Waals surface area contributed by atoms with Crippen LogP contribution in [0, 0.1) is 23.7 Å². The number of esters is 3. The molecule has 1 aromatic heterocycles. The second kappa shape index (κ2) is 15.6. The van der Waals surface area contributed by atoms with E-state index in [-0.39, 0.29) is 46.9 Å². The molecule has 6 rings (SSSR count). The van der Waals surface area contributed by atoms with Gasteiger partial charge in [0.15, 0.2) is 0 Å². The van der Waals surface area contributed by atoms with Crippen molar-refractivity contribution in [2.45, 2.75) is 103 Å². The van der Waals surface area contributed by atoms with E-state index in [0.717, 1.165) is 9.60 Å². The number of para-hydroxylation sites is 1. The summed E-state index contributed by atoms with van der Waals surface area (Å²) in [5, 5.41) is 0.194. The Labute approximate surface area is 317 Å². The molecule has 0 spiro atoms. The zero-order chi connectivity index (χ0) is 38.9.